The molecular weight excluding hydrogens is 390 g/mol. The molecule has 0 unspecified atom stereocenters. The molecule has 1 amide bonds. The van der Waals surface area contributed by atoms with E-state index in [1.54, 1.807) is 56.3 Å². The topological polar surface area (TPSA) is 98.1 Å². The molecule has 0 spiro atoms. The Balaban J connectivity index is 1.63. The fourth-order valence-corrected chi connectivity index (χ4v) is 5.86. The highest BCUT2D eigenvalue weighted by molar-refractivity contribution is 7.91. The Labute approximate surface area is 168 Å². The van der Waals surface area contributed by atoms with Gasteiger partial charge in [-0.05, 0) is 56.7 Å². The second-order valence-electron chi connectivity index (χ2n) is 7.72. The summed E-state index contributed by atoms with van der Waals surface area (Å²) in [5, 5.41) is 3.36. The van der Waals surface area contributed by atoms with Gasteiger partial charge in [-0.1, -0.05) is 12.1 Å². The molecule has 7 nitrogen and oxygen atoms in total. The molecule has 4 rings (SSSR count). The summed E-state index contributed by atoms with van der Waals surface area (Å²) >= 11 is 0. The Hall–Kier alpha value is -3.00. The number of amides is 1. The monoisotopic (exact) mass is 411 g/mol. The zero-order valence-corrected chi connectivity index (χ0v) is 17.0. The number of carbonyl (C=O) groups is 1. The van der Waals surface area contributed by atoms with Gasteiger partial charge in [0.15, 0.2) is 9.84 Å². The van der Waals surface area contributed by atoms with Crippen LogP contribution in [0.4, 0.5) is 0 Å². The first-order valence-corrected chi connectivity index (χ1v) is 11.1. The van der Waals surface area contributed by atoms with Gasteiger partial charge in [-0.25, -0.2) is 13.4 Å². The predicted octanol–water partition coefficient (Wildman–Crippen LogP) is 2.00. The number of carbonyl (C=O) groups excluding carboxylic acids is 1. The summed E-state index contributed by atoms with van der Waals surface area (Å²) < 4.78 is 25.0. The van der Waals surface area contributed by atoms with E-state index in [9.17, 15) is 18.0 Å². The smallest absolute Gasteiger partial charge is 0.265 e. The zero-order valence-electron chi connectivity index (χ0n) is 16.2. The molecule has 0 aliphatic carbocycles. The number of benzene rings is 2. The van der Waals surface area contributed by atoms with Crippen molar-refractivity contribution in [3.05, 3.63) is 70.3 Å². The number of sulfone groups is 1. The van der Waals surface area contributed by atoms with Gasteiger partial charge in [-0.2, -0.15) is 0 Å². The van der Waals surface area contributed by atoms with Gasteiger partial charge in [0.05, 0.1) is 33.6 Å². The summed E-state index contributed by atoms with van der Waals surface area (Å²) in [4.78, 5) is 30.0. The van der Waals surface area contributed by atoms with E-state index in [1.807, 2.05) is 6.07 Å². The summed E-state index contributed by atoms with van der Waals surface area (Å²) in [6.07, 6.45) is 0.399. The van der Waals surface area contributed by atoms with Crippen molar-refractivity contribution in [3.8, 4) is 5.69 Å². The Kier molecular flexibility index (Phi) is 4.53. The van der Waals surface area contributed by atoms with Crippen LogP contribution in [-0.2, 0) is 9.84 Å². The first-order chi connectivity index (χ1) is 13.7. The van der Waals surface area contributed by atoms with Crippen LogP contribution in [-0.4, -0.2) is 40.9 Å². The number of hydrogen-bond acceptors (Lipinski definition) is 5. The molecule has 1 fully saturated rings. The van der Waals surface area contributed by atoms with Gasteiger partial charge >= 0.3 is 0 Å². The maximum absolute atomic E-state index is 12.9. The molecule has 2 aromatic carbocycles. The molecule has 1 atom stereocenters. The van der Waals surface area contributed by atoms with Crippen molar-refractivity contribution in [2.45, 2.75) is 25.8 Å². The minimum Gasteiger partial charge on any atom is -0.346 e. The lowest BCUT2D eigenvalue weighted by Crippen LogP contribution is -2.46. The number of para-hydroxylation sites is 1. The predicted molar refractivity (Wildman–Crippen MR) is 111 cm³/mol. The lowest BCUT2D eigenvalue weighted by atomic mass is 10.0. The molecule has 1 aromatic heterocycles. The van der Waals surface area contributed by atoms with Gasteiger partial charge < -0.3 is 5.32 Å². The van der Waals surface area contributed by atoms with E-state index in [0.29, 0.717) is 34.4 Å². The maximum Gasteiger partial charge on any atom is 0.265 e. The zero-order chi connectivity index (χ0) is 20.8. The number of nitrogens with one attached hydrogen (secondary N) is 1. The molecule has 0 radical (unpaired) electrons. The van der Waals surface area contributed by atoms with E-state index in [1.165, 1.54) is 4.57 Å². The highest BCUT2D eigenvalue weighted by atomic mass is 32.2. The van der Waals surface area contributed by atoms with Crippen molar-refractivity contribution < 1.29 is 13.2 Å². The Morgan fingerprint density at radius 2 is 1.83 bits per heavy atom. The van der Waals surface area contributed by atoms with Crippen molar-refractivity contribution in [1.82, 2.24) is 14.9 Å². The quantitative estimate of drug-likeness (QED) is 0.711. The molecule has 29 heavy (non-hydrogen) atoms. The molecule has 0 saturated carbocycles. The summed E-state index contributed by atoms with van der Waals surface area (Å²) in [7, 11) is -3.11. The van der Waals surface area contributed by atoms with Crippen LogP contribution in [0.5, 0.6) is 0 Å². The lowest BCUT2D eigenvalue weighted by molar-refractivity contribution is 0.0915. The van der Waals surface area contributed by atoms with Crippen molar-refractivity contribution >= 4 is 26.6 Å². The van der Waals surface area contributed by atoms with Crippen LogP contribution >= 0.6 is 0 Å². The summed E-state index contributed by atoms with van der Waals surface area (Å²) in [5.41, 5.74) is 0.719. The number of aromatic nitrogens is 2. The maximum atomic E-state index is 12.9. The SMILES string of the molecule is Cc1nc2ccccc2c(=O)n1-c1ccc(C(=O)N[C@@]2(C)CCS(=O)(=O)C2)cc1. The third-order valence-electron chi connectivity index (χ3n) is 5.25. The normalized spacial score (nSPS) is 20.6. The van der Waals surface area contributed by atoms with Crippen LogP contribution in [0.15, 0.2) is 53.3 Å². The van der Waals surface area contributed by atoms with Crippen molar-refractivity contribution in [1.29, 1.82) is 0 Å². The largest absolute Gasteiger partial charge is 0.346 e. The van der Waals surface area contributed by atoms with E-state index in [2.05, 4.69) is 10.3 Å². The molecule has 3 aromatic rings. The third-order valence-corrected chi connectivity index (χ3v) is 7.15. The molecule has 1 N–H and O–H groups in total. The van der Waals surface area contributed by atoms with Crippen LogP contribution in [0.1, 0.15) is 29.5 Å². The molecule has 0 bridgehead atoms. The van der Waals surface area contributed by atoms with Gasteiger partial charge in [0.25, 0.3) is 11.5 Å². The minimum absolute atomic E-state index is 0.0544. The lowest BCUT2D eigenvalue weighted by Gasteiger charge is -2.24. The van der Waals surface area contributed by atoms with E-state index >= 15 is 0 Å². The average molecular weight is 411 g/mol. The first kappa shape index (κ1) is 19.3. The van der Waals surface area contributed by atoms with Crippen LogP contribution in [0.25, 0.3) is 16.6 Å². The van der Waals surface area contributed by atoms with Gasteiger partial charge in [0.2, 0.25) is 0 Å². The van der Waals surface area contributed by atoms with Crippen LogP contribution in [0.2, 0.25) is 0 Å². The summed E-state index contributed by atoms with van der Waals surface area (Å²) in [6.45, 7) is 3.50. The minimum atomic E-state index is -3.11. The summed E-state index contributed by atoms with van der Waals surface area (Å²) in [5.74, 6) is 0.243. The van der Waals surface area contributed by atoms with E-state index in [4.69, 9.17) is 0 Å². The molecule has 1 aliphatic heterocycles. The van der Waals surface area contributed by atoms with Crippen LogP contribution < -0.4 is 10.9 Å². The molecule has 2 heterocycles. The second-order valence-corrected chi connectivity index (χ2v) is 9.90. The fourth-order valence-electron chi connectivity index (χ4n) is 3.76. The Morgan fingerprint density at radius 1 is 1.14 bits per heavy atom. The van der Waals surface area contributed by atoms with Crippen LogP contribution in [0, 0.1) is 6.92 Å². The molecule has 150 valence electrons. The second kappa shape index (κ2) is 6.81. The third kappa shape index (κ3) is 3.67. The van der Waals surface area contributed by atoms with E-state index in [-0.39, 0.29) is 23.0 Å². The average Bonchev–Trinajstić information content (AvgIpc) is 2.95. The summed E-state index contributed by atoms with van der Waals surface area (Å²) in [6, 6.07) is 13.8. The van der Waals surface area contributed by atoms with Crippen molar-refractivity contribution in [2.75, 3.05) is 11.5 Å². The number of nitrogens with zero attached hydrogens (tertiary/aromatic N) is 2. The fraction of sp³-hybridized carbons (Fsp3) is 0.286. The van der Waals surface area contributed by atoms with Gasteiger partial charge in [-0.15, -0.1) is 0 Å². The molecule has 1 aliphatic rings. The number of aryl methyl sites for hydroxylation is 1. The Morgan fingerprint density at radius 3 is 2.48 bits per heavy atom. The van der Waals surface area contributed by atoms with Gasteiger partial charge in [0, 0.05) is 5.56 Å². The molecule has 8 heteroatoms. The van der Waals surface area contributed by atoms with Crippen molar-refractivity contribution in [2.24, 2.45) is 0 Å². The van der Waals surface area contributed by atoms with E-state index in [0.717, 1.165) is 0 Å². The highest BCUT2D eigenvalue weighted by Gasteiger charge is 2.39. The number of fused-ring (bicyclic) bond motifs is 1. The number of hydrogen-bond donors (Lipinski definition) is 1. The first-order valence-electron chi connectivity index (χ1n) is 9.29. The standard InChI is InChI=1S/C21H21N3O4S/c1-14-22-18-6-4-3-5-17(18)20(26)24(14)16-9-7-15(8-10-16)19(25)23-21(2)11-12-29(27,28)13-21/h3-10H,11-13H2,1-2H3,(H,23,25)/t21-/m0/s1. The number of rotatable bonds is 3. The van der Waals surface area contributed by atoms with E-state index < -0.39 is 15.4 Å². The van der Waals surface area contributed by atoms with Crippen molar-refractivity contribution in [3.63, 3.8) is 0 Å². The van der Waals surface area contributed by atoms with Gasteiger partial charge in [-0.3, -0.25) is 14.2 Å². The molecular formula is C21H21N3O4S. The molecule has 1 saturated heterocycles. The highest BCUT2D eigenvalue weighted by Crippen LogP contribution is 2.23. The van der Waals surface area contributed by atoms with Crippen LogP contribution in [0.3, 0.4) is 0 Å². The van der Waals surface area contributed by atoms with Gasteiger partial charge in [0.1, 0.15) is 5.82 Å². The Bertz CT molecular complexity index is 1280.